The van der Waals surface area contributed by atoms with E-state index in [9.17, 15) is 9.18 Å². The molecule has 0 amide bonds. The zero-order valence-electron chi connectivity index (χ0n) is 11.1. The van der Waals surface area contributed by atoms with Crippen LogP contribution in [0.25, 0.3) is 6.08 Å². The lowest BCUT2D eigenvalue weighted by molar-refractivity contribution is -0.131. The summed E-state index contributed by atoms with van der Waals surface area (Å²) in [6.45, 7) is 1.91. The molecule has 0 heterocycles. The van der Waals surface area contributed by atoms with Crippen LogP contribution in [0.15, 0.2) is 46.9 Å². The van der Waals surface area contributed by atoms with Crippen LogP contribution in [0.4, 0.5) is 4.39 Å². The van der Waals surface area contributed by atoms with Crippen LogP contribution in [0.3, 0.4) is 0 Å². The van der Waals surface area contributed by atoms with E-state index in [4.69, 9.17) is 9.84 Å². The van der Waals surface area contributed by atoms with E-state index in [0.29, 0.717) is 5.75 Å². The zero-order valence-corrected chi connectivity index (χ0v) is 12.7. The molecule has 0 aliphatic carbocycles. The summed E-state index contributed by atoms with van der Waals surface area (Å²) in [6, 6.07) is 9.72. The summed E-state index contributed by atoms with van der Waals surface area (Å²) in [5, 5.41) is 8.66. The Bertz CT molecular complexity index is 711. The maximum absolute atomic E-state index is 13.8. The minimum absolute atomic E-state index is 0.0977. The smallest absolute Gasteiger partial charge is 0.328 e. The summed E-state index contributed by atoms with van der Waals surface area (Å²) in [6.07, 6.45) is 2.05. The van der Waals surface area contributed by atoms with Crippen LogP contribution < -0.4 is 4.74 Å². The third-order valence-corrected chi connectivity index (χ3v) is 3.65. The molecule has 0 unspecified atom stereocenters. The van der Waals surface area contributed by atoms with Crippen LogP contribution in [-0.2, 0) is 4.79 Å². The molecular formula is C16H12BrFO3. The highest BCUT2D eigenvalue weighted by Gasteiger charge is 2.09. The fourth-order valence-corrected chi connectivity index (χ4v) is 1.98. The average molecular weight is 351 g/mol. The fourth-order valence-electron chi connectivity index (χ4n) is 1.73. The molecule has 2 rings (SSSR count). The predicted molar refractivity (Wildman–Crippen MR) is 82.0 cm³/mol. The monoisotopic (exact) mass is 350 g/mol. The highest BCUT2D eigenvalue weighted by atomic mass is 79.9. The number of halogens is 2. The van der Waals surface area contributed by atoms with E-state index in [0.717, 1.165) is 16.1 Å². The van der Waals surface area contributed by atoms with Crippen molar-refractivity contribution in [3.05, 3.63) is 63.9 Å². The molecule has 0 bridgehead atoms. The fraction of sp³-hybridized carbons (Fsp3) is 0.0625. The standard InChI is InChI=1S/C16H12BrFO3/c1-10-9-11(5-7-13(10)17)21-15-4-2-3-14(18)12(15)6-8-16(19)20/h2-9H,1H3,(H,19,20)/b8-6+. The molecule has 0 saturated carbocycles. The average Bonchev–Trinajstić information content (AvgIpc) is 2.42. The normalized spacial score (nSPS) is 10.8. The molecule has 0 atom stereocenters. The van der Waals surface area contributed by atoms with Gasteiger partial charge in [0.2, 0.25) is 0 Å². The summed E-state index contributed by atoms with van der Waals surface area (Å²) in [5.41, 5.74) is 1.08. The Kier molecular flexibility index (Phi) is 4.75. The lowest BCUT2D eigenvalue weighted by atomic mass is 10.1. The molecule has 0 saturated heterocycles. The number of rotatable bonds is 4. The number of aliphatic carboxylic acids is 1. The van der Waals surface area contributed by atoms with E-state index < -0.39 is 11.8 Å². The van der Waals surface area contributed by atoms with Crippen molar-refractivity contribution in [1.29, 1.82) is 0 Å². The zero-order chi connectivity index (χ0) is 15.4. The Labute approximate surface area is 129 Å². The number of carboxylic acids is 1. The van der Waals surface area contributed by atoms with Gasteiger partial charge in [-0.3, -0.25) is 0 Å². The van der Waals surface area contributed by atoms with Gasteiger partial charge in [-0.15, -0.1) is 0 Å². The highest BCUT2D eigenvalue weighted by molar-refractivity contribution is 9.10. The highest BCUT2D eigenvalue weighted by Crippen LogP contribution is 2.30. The van der Waals surface area contributed by atoms with Gasteiger partial charge in [-0.2, -0.15) is 0 Å². The molecule has 2 aromatic carbocycles. The number of hydrogen-bond acceptors (Lipinski definition) is 2. The van der Waals surface area contributed by atoms with Gasteiger partial charge >= 0.3 is 5.97 Å². The van der Waals surface area contributed by atoms with Crippen molar-refractivity contribution in [2.75, 3.05) is 0 Å². The second kappa shape index (κ2) is 6.54. The van der Waals surface area contributed by atoms with Gasteiger partial charge in [-0.25, -0.2) is 9.18 Å². The van der Waals surface area contributed by atoms with Crippen molar-refractivity contribution in [3.63, 3.8) is 0 Å². The van der Waals surface area contributed by atoms with Crippen LogP contribution in [0, 0.1) is 12.7 Å². The van der Waals surface area contributed by atoms with E-state index >= 15 is 0 Å². The number of ether oxygens (including phenoxy) is 1. The van der Waals surface area contributed by atoms with E-state index in [1.165, 1.54) is 18.2 Å². The lowest BCUT2D eigenvalue weighted by Gasteiger charge is -2.10. The Morgan fingerprint density at radius 1 is 1.33 bits per heavy atom. The number of carboxylic acid groups (broad SMARTS) is 1. The molecule has 0 spiro atoms. The third kappa shape index (κ3) is 3.92. The molecule has 21 heavy (non-hydrogen) atoms. The van der Waals surface area contributed by atoms with E-state index in [1.54, 1.807) is 18.2 Å². The minimum atomic E-state index is -1.15. The maximum Gasteiger partial charge on any atom is 0.328 e. The van der Waals surface area contributed by atoms with E-state index in [-0.39, 0.29) is 11.3 Å². The number of carbonyl (C=O) groups is 1. The van der Waals surface area contributed by atoms with Gasteiger partial charge in [-0.05, 0) is 48.9 Å². The van der Waals surface area contributed by atoms with Crippen LogP contribution in [0.2, 0.25) is 0 Å². The molecule has 2 aromatic rings. The van der Waals surface area contributed by atoms with Gasteiger partial charge in [0.05, 0.1) is 5.56 Å². The molecule has 0 fully saturated rings. The van der Waals surface area contributed by atoms with Crippen LogP contribution >= 0.6 is 15.9 Å². The summed E-state index contributed by atoms with van der Waals surface area (Å²) in [5.74, 6) is -0.886. The molecule has 108 valence electrons. The van der Waals surface area contributed by atoms with Gasteiger partial charge in [-0.1, -0.05) is 22.0 Å². The topological polar surface area (TPSA) is 46.5 Å². The van der Waals surface area contributed by atoms with Gasteiger partial charge < -0.3 is 9.84 Å². The quantitative estimate of drug-likeness (QED) is 0.806. The molecule has 0 aliphatic rings. The van der Waals surface area contributed by atoms with Crippen molar-refractivity contribution in [2.24, 2.45) is 0 Å². The largest absolute Gasteiger partial charge is 0.478 e. The lowest BCUT2D eigenvalue weighted by Crippen LogP contribution is -1.93. The molecular weight excluding hydrogens is 339 g/mol. The molecule has 0 radical (unpaired) electrons. The molecule has 0 aromatic heterocycles. The van der Waals surface area contributed by atoms with E-state index in [1.807, 2.05) is 13.0 Å². The van der Waals surface area contributed by atoms with Gasteiger partial charge in [0, 0.05) is 10.5 Å². The predicted octanol–water partition coefficient (Wildman–Crippen LogP) is 4.79. The first-order chi connectivity index (χ1) is 9.97. The third-order valence-electron chi connectivity index (χ3n) is 2.76. The molecule has 0 aliphatic heterocycles. The van der Waals surface area contributed by atoms with Gasteiger partial charge in [0.1, 0.15) is 17.3 Å². The SMILES string of the molecule is Cc1cc(Oc2cccc(F)c2/C=C/C(=O)O)ccc1Br. The number of hydrogen-bond donors (Lipinski definition) is 1. The van der Waals surface area contributed by atoms with Crippen molar-refractivity contribution < 1.29 is 19.0 Å². The Balaban J connectivity index is 2.37. The number of aryl methyl sites for hydroxylation is 1. The van der Waals surface area contributed by atoms with Crippen LogP contribution in [0.5, 0.6) is 11.5 Å². The summed E-state index contributed by atoms with van der Waals surface area (Å²) in [4.78, 5) is 10.6. The Morgan fingerprint density at radius 3 is 2.76 bits per heavy atom. The second-order valence-corrected chi connectivity index (χ2v) is 5.19. The summed E-state index contributed by atoms with van der Waals surface area (Å²) in [7, 11) is 0. The number of benzene rings is 2. The van der Waals surface area contributed by atoms with Crippen molar-refractivity contribution >= 4 is 28.0 Å². The molecule has 1 N–H and O–H groups in total. The summed E-state index contributed by atoms with van der Waals surface area (Å²) < 4.78 is 20.4. The Hall–Kier alpha value is -2.14. The first-order valence-corrected chi connectivity index (χ1v) is 6.90. The van der Waals surface area contributed by atoms with Crippen molar-refractivity contribution in [2.45, 2.75) is 6.92 Å². The van der Waals surface area contributed by atoms with Crippen molar-refractivity contribution in [1.82, 2.24) is 0 Å². The van der Waals surface area contributed by atoms with Crippen molar-refractivity contribution in [3.8, 4) is 11.5 Å². The molecule has 3 nitrogen and oxygen atoms in total. The second-order valence-electron chi connectivity index (χ2n) is 4.34. The Morgan fingerprint density at radius 2 is 2.10 bits per heavy atom. The summed E-state index contributed by atoms with van der Waals surface area (Å²) >= 11 is 3.39. The molecule has 5 heteroatoms. The van der Waals surface area contributed by atoms with Crippen LogP contribution in [-0.4, -0.2) is 11.1 Å². The van der Waals surface area contributed by atoms with Gasteiger partial charge in [0.15, 0.2) is 0 Å². The van der Waals surface area contributed by atoms with Crippen LogP contribution in [0.1, 0.15) is 11.1 Å². The first-order valence-electron chi connectivity index (χ1n) is 6.11. The van der Waals surface area contributed by atoms with Gasteiger partial charge in [0.25, 0.3) is 0 Å². The maximum atomic E-state index is 13.8. The first kappa shape index (κ1) is 15.3. The van der Waals surface area contributed by atoms with E-state index in [2.05, 4.69) is 15.9 Å². The minimum Gasteiger partial charge on any atom is -0.478 e.